The Bertz CT molecular complexity index is 3350. The lowest BCUT2D eigenvalue weighted by Gasteiger charge is -2.36. The number of aryl methyl sites for hydroxylation is 2. The van der Waals surface area contributed by atoms with E-state index in [0.717, 1.165) is 0 Å². The number of aromatic nitrogens is 8. The van der Waals surface area contributed by atoms with Crippen molar-refractivity contribution in [3.63, 3.8) is 0 Å². The van der Waals surface area contributed by atoms with Crippen molar-refractivity contribution in [2.45, 2.75) is 77.2 Å². The quantitative estimate of drug-likeness (QED) is 0.0980. The van der Waals surface area contributed by atoms with Crippen LogP contribution >= 0.6 is 0 Å². The zero-order chi connectivity index (χ0) is 48.7. The number of likely N-dealkylation sites (tertiary alicyclic amines) is 1. The predicted molar refractivity (Wildman–Crippen MR) is 239 cm³/mol. The van der Waals surface area contributed by atoms with Crippen LogP contribution in [0.15, 0.2) is 67.2 Å². The normalized spacial score (nSPS) is 15.7. The van der Waals surface area contributed by atoms with Gasteiger partial charge in [0.1, 0.15) is 28.3 Å². The fraction of sp³-hybridized carbons (Fsp3) is 0.348. The van der Waals surface area contributed by atoms with E-state index in [4.69, 9.17) is 23.5 Å². The molecule has 0 spiro atoms. The SMILES string of the molecule is Cc1nc2c(F)cc(-c3cc4c(=O)[nH]c(C5(F)CCN(C(=O)OC(C)(C)C)CC5)nc4cn3)cc2o1.Cc1nc2c(F)cc(-c3cc4c(=O)[nH]c(C5(F)CCNCC5)nc4cn3)cc2o1.O=CO. The van der Waals surface area contributed by atoms with Crippen LogP contribution in [-0.4, -0.2) is 94.2 Å². The number of amides is 1. The second-order valence-corrected chi connectivity index (χ2v) is 17.3. The van der Waals surface area contributed by atoms with E-state index < -0.39 is 45.8 Å². The van der Waals surface area contributed by atoms with Gasteiger partial charge in [-0.1, -0.05) is 0 Å². The summed E-state index contributed by atoms with van der Waals surface area (Å²) in [6.45, 7) is 9.59. The zero-order valence-electron chi connectivity index (χ0n) is 37.3. The molecular formula is C46H44F4N10O8. The van der Waals surface area contributed by atoms with Gasteiger partial charge in [-0.15, -0.1) is 0 Å². The summed E-state index contributed by atoms with van der Waals surface area (Å²) in [6, 6.07) is 8.77. The van der Waals surface area contributed by atoms with Crippen molar-refractivity contribution in [3.8, 4) is 22.5 Å². The first-order valence-electron chi connectivity index (χ1n) is 21.4. The number of pyridine rings is 2. The van der Waals surface area contributed by atoms with Crippen LogP contribution in [0.5, 0.6) is 0 Å². The van der Waals surface area contributed by atoms with Crippen molar-refractivity contribution in [3.05, 3.63) is 105 Å². The number of carbonyl (C=O) groups excluding carboxylic acids is 1. The summed E-state index contributed by atoms with van der Waals surface area (Å²) in [7, 11) is 0. The maximum absolute atomic E-state index is 15.8. The Morgan fingerprint density at radius 1 is 0.735 bits per heavy atom. The molecule has 10 rings (SSSR count). The number of ether oxygens (including phenoxy) is 1. The molecule has 68 heavy (non-hydrogen) atoms. The average molecular weight is 941 g/mol. The topological polar surface area (TPSA) is 248 Å². The van der Waals surface area contributed by atoms with Crippen LogP contribution in [0.25, 0.3) is 66.5 Å². The summed E-state index contributed by atoms with van der Waals surface area (Å²) < 4.78 is 76.1. The number of rotatable bonds is 4. The van der Waals surface area contributed by atoms with Crippen molar-refractivity contribution in [2.75, 3.05) is 26.2 Å². The Kier molecular flexibility index (Phi) is 12.6. The van der Waals surface area contributed by atoms with Crippen LogP contribution in [0.3, 0.4) is 0 Å². The first kappa shape index (κ1) is 46.9. The van der Waals surface area contributed by atoms with Gasteiger partial charge in [0.25, 0.3) is 17.6 Å². The first-order valence-corrected chi connectivity index (χ1v) is 21.4. The predicted octanol–water partition coefficient (Wildman–Crippen LogP) is 7.59. The highest BCUT2D eigenvalue weighted by atomic mass is 19.2. The lowest BCUT2D eigenvalue weighted by molar-refractivity contribution is -0.122. The number of hydrogen-bond acceptors (Lipinski definition) is 14. The summed E-state index contributed by atoms with van der Waals surface area (Å²) >= 11 is 0. The molecular weight excluding hydrogens is 897 g/mol. The van der Waals surface area contributed by atoms with Gasteiger partial charge in [0.05, 0.1) is 45.6 Å². The van der Waals surface area contributed by atoms with Crippen molar-refractivity contribution in [2.24, 2.45) is 0 Å². The number of nitrogens with one attached hydrogen (secondary N) is 3. The first-order chi connectivity index (χ1) is 32.3. The minimum Gasteiger partial charge on any atom is -0.483 e. The number of fused-ring (bicyclic) bond motifs is 4. The van der Waals surface area contributed by atoms with Crippen molar-refractivity contribution in [1.82, 2.24) is 50.1 Å². The molecule has 0 aliphatic carbocycles. The highest BCUT2D eigenvalue weighted by Gasteiger charge is 2.41. The molecule has 2 aliphatic rings. The number of H-pyrrole nitrogens is 2. The Labute approximate surface area is 382 Å². The van der Waals surface area contributed by atoms with Gasteiger partial charge in [-0.05, 0) is 70.3 Å². The number of nitrogens with zero attached hydrogens (tertiary/aromatic N) is 7. The summed E-state index contributed by atoms with van der Waals surface area (Å²) in [5.74, 6) is -0.505. The van der Waals surface area contributed by atoms with Crippen LogP contribution < -0.4 is 16.4 Å². The third-order valence-corrected chi connectivity index (χ3v) is 11.3. The third-order valence-electron chi connectivity index (χ3n) is 11.3. The van der Waals surface area contributed by atoms with Crippen molar-refractivity contribution < 1.29 is 45.8 Å². The minimum absolute atomic E-state index is 0.0237. The Morgan fingerprint density at radius 2 is 1.16 bits per heavy atom. The second kappa shape index (κ2) is 18.2. The number of piperidine rings is 2. The van der Waals surface area contributed by atoms with E-state index in [-0.39, 0.29) is 89.8 Å². The lowest BCUT2D eigenvalue weighted by atomic mass is 9.92. The highest BCUT2D eigenvalue weighted by Crippen LogP contribution is 2.37. The Hall–Kier alpha value is -7.62. The second-order valence-electron chi connectivity index (χ2n) is 17.3. The number of oxazole rings is 2. The lowest BCUT2D eigenvalue weighted by Crippen LogP contribution is -2.46. The summed E-state index contributed by atoms with van der Waals surface area (Å²) in [4.78, 5) is 78.1. The zero-order valence-corrected chi connectivity index (χ0v) is 37.3. The maximum Gasteiger partial charge on any atom is 0.410 e. The minimum atomic E-state index is -1.91. The number of alkyl halides is 2. The van der Waals surface area contributed by atoms with Gasteiger partial charge in [-0.2, -0.15) is 0 Å². The van der Waals surface area contributed by atoms with E-state index in [1.165, 1.54) is 41.6 Å². The number of halogens is 4. The standard InChI is InChI=1S/C25H25F2N5O4.C20H17F2N5O2.CH2O2/c1-13-29-20-16(26)9-14(10-19(20)35-13)17-11-15-18(12-28-17)30-22(31-21(15)33)25(27)5-7-32(8-6-25)23(34)36-24(2,3)4;1-10-25-17-13(21)6-11(7-16(17)29-10)14-8-12-15(9-24-14)26-19(27-18(12)28)20(22)2-4-23-5-3-20;2-1-3/h9-12H,5-8H2,1-4H3,(H,30,31,33);6-9,23H,2-5H2,1H3,(H,26,27,28);1H,(H,2,3). The van der Waals surface area contributed by atoms with Gasteiger partial charge in [0, 0.05) is 63.7 Å². The molecule has 22 heteroatoms. The molecule has 0 bridgehead atoms. The number of benzene rings is 2. The largest absolute Gasteiger partial charge is 0.483 e. The van der Waals surface area contributed by atoms with Crippen LogP contribution in [0, 0.1) is 25.5 Å². The van der Waals surface area contributed by atoms with Crippen LogP contribution in [0.2, 0.25) is 0 Å². The molecule has 0 saturated carbocycles. The molecule has 8 heterocycles. The number of carbonyl (C=O) groups is 2. The Morgan fingerprint density at radius 3 is 1.59 bits per heavy atom. The molecule has 2 aromatic carbocycles. The van der Waals surface area contributed by atoms with Gasteiger partial charge in [0.15, 0.2) is 45.9 Å². The highest BCUT2D eigenvalue weighted by molar-refractivity contribution is 5.86. The van der Waals surface area contributed by atoms with E-state index >= 15 is 8.78 Å². The third kappa shape index (κ3) is 9.62. The van der Waals surface area contributed by atoms with Gasteiger partial charge >= 0.3 is 6.09 Å². The van der Waals surface area contributed by atoms with Crippen LogP contribution in [-0.2, 0) is 20.9 Å². The maximum atomic E-state index is 15.8. The molecule has 0 unspecified atom stereocenters. The number of hydrogen-bond donors (Lipinski definition) is 4. The van der Waals surface area contributed by atoms with Gasteiger partial charge in [0.2, 0.25) is 0 Å². The fourth-order valence-corrected chi connectivity index (χ4v) is 7.99. The van der Waals surface area contributed by atoms with E-state index in [9.17, 15) is 23.2 Å². The van der Waals surface area contributed by atoms with Crippen molar-refractivity contribution >= 4 is 56.6 Å². The van der Waals surface area contributed by atoms with Gasteiger partial charge in [-0.3, -0.25) is 24.4 Å². The summed E-state index contributed by atoms with van der Waals surface area (Å²) in [6.07, 6.45) is 2.66. The van der Waals surface area contributed by atoms with E-state index in [2.05, 4.69) is 45.2 Å². The van der Waals surface area contributed by atoms with E-state index in [1.807, 2.05) is 0 Å². The average Bonchev–Trinajstić information content (AvgIpc) is 3.88. The van der Waals surface area contributed by atoms with Crippen molar-refractivity contribution in [1.29, 1.82) is 0 Å². The smallest absolute Gasteiger partial charge is 0.410 e. The molecule has 2 fully saturated rings. The molecule has 354 valence electrons. The van der Waals surface area contributed by atoms with Gasteiger partial charge < -0.3 is 38.9 Å². The monoisotopic (exact) mass is 940 g/mol. The molecule has 2 saturated heterocycles. The molecule has 6 aromatic heterocycles. The molecule has 0 radical (unpaired) electrons. The fourth-order valence-electron chi connectivity index (χ4n) is 7.99. The Balaban J connectivity index is 0.000000177. The molecule has 8 aromatic rings. The van der Waals surface area contributed by atoms with Gasteiger partial charge in [-0.25, -0.2) is 42.3 Å². The molecule has 0 atom stereocenters. The molecule has 1 amide bonds. The van der Waals surface area contributed by atoms with E-state index in [1.54, 1.807) is 46.8 Å². The summed E-state index contributed by atoms with van der Waals surface area (Å²) in [5.41, 5.74) is -2.35. The summed E-state index contributed by atoms with van der Waals surface area (Å²) in [5, 5.41) is 10.4. The van der Waals surface area contributed by atoms with Crippen LogP contribution in [0.4, 0.5) is 22.4 Å². The van der Waals surface area contributed by atoms with Crippen LogP contribution in [0.1, 0.15) is 69.9 Å². The molecule has 18 nitrogen and oxygen atoms in total. The molecule has 4 N–H and O–H groups in total. The van der Waals surface area contributed by atoms with E-state index in [0.29, 0.717) is 58.5 Å². The molecule has 2 aliphatic heterocycles. The number of aromatic amines is 2. The number of carboxylic acid groups (broad SMARTS) is 1.